The first-order chi connectivity index (χ1) is 15.2. The maximum absolute atomic E-state index is 12.2. The molecule has 1 fully saturated rings. The first-order valence-electron chi connectivity index (χ1n) is 10.9. The van der Waals surface area contributed by atoms with E-state index in [1.54, 1.807) is 18.4 Å². The fraction of sp³-hybridized carbons (Fsp3) is 0.478. The standard InChI is InChI=1S/C23H33N5O2S/c1-3-9-25-22(29)19-7-4-6-18(15-19)16-26-23(24-2)27-17-20(21-8-5-14-31-21)28-10-12-30-13-11-28/h4-8,14-15,20H,3,9-13,16-17H2,1-2H3,(H,25,29)(H2,24,26,27). The predicted molar refractivity (Wildman–Crippen MR) is 127 cm³/mol. The molecule has 31 heavy (non-hydrogen) atoms. The van der Waals surface area contributed by atoms with Gasteiger partial charge < -0.3 is 20.7 Å². The van der Waals surface area contributed by atoms with E-state index in [0.29, 0.717) is 18.7 Å². The number of ether oxygens (including phenoxy) is 1. The van der Waals surface area contributed by atoms with E-state index in [0.717, 1.165) is 50.8 Å². The topological polar surface area (TPSA) is 78.0 Å². The zero-order valence-corrected chi connectivity index (χ0v) is 19.2. The Kier molecular flexibility index (Phi) is 9.33. The second-order valence-corrected chi connectivity index (χ2v) is 8.42. The monoisotopic (exact) mass is 443 g/mol. The first kappa shape index (κ1) is 23.2. The fourth-order valence-electron chi connectivity index (χ4n) is 3.54. The molecule has 168 valence electrons. The molecule has 7 nitrogen and oxygen atoms in total. The van der Waals surface area contributed by atoms with Crippen molar-refractivity contribution in [2.24, 2.45) is 4.99 Å². The third-order valence-corrected chi connectivity index (χ3v) is 6.20. The number of rotatable bonds is 9. The number of aliphatic imine (C=N–C) groups is 1. The molecule has 0 spiro atoms. The molecular weight excluding hydrogens is 410 g/mol. The van der Waals surface area contributed by atoms with Gasteiger partial charge in [-0.05, 0) is 35.6 Å². The van der Waals surface area contributed by atoms with Crippen molar-refractivity contribution in [3.63, 3.8) is 0 Å². The second kappa shape index (κ2) is 12.4. The highest BCUT2D eigenvalue weighted by Gasteiger charge is 2.23. The van der Waals surface area contributed by atoms with Crippen LogP contribution in [0.3, 0.4) is 0 Å². The first-order valence-corrected chi connectivity index (χ1v) is 11.8. The zero-order chi connectivity index (χ0) is 21.9. The summed E-state index contributed by atoms with van der Waals surface area (Å²) in [6, 6.07) is 12.3. The van der Waals surface area contributed by atoms with Gasteiger partial charge in [0.25, 0.3) is 5.91 Å². The quantitative estimate of drug-likeness (QED) is 0.410. The van der Waals surface area contributed by atoms with Crippen LogP contribution in [0.25, 0.3) is 0 Å². The molecule has 3 N–H and O–H groups in total. The second-order valence-electron chi connectivity index (χ2n) is 7.44. The number of thiophene rings is 1. The van der Waals surface area contributed by atoms with E-state index >= 15 is 0 Å². The Hall–Kier alpha value is -2.42. The number of amides is 1. The van der Waals surface area contributed by atoms with Gasteiger partial charge in [-0.25, -0.2) is 0 Å². The SMILES string of the molecule is CCCNC(=O)c1cccc(CNC(=NC)NCC(c2cccs2)N2CCOCC2)c1. The van der Waals surface area contributed by atoms with Crippen molar-refractivity contribution in [1.82, 2.24) is 20.9 Å². The summed E-state index contributed by atoms with van der Waals surface area (Å²) in [6.45, 7) is 7.50. The molecule has 1 aliphatic rings. The lowest BCUT2D eigenvalue weighted by molar-refractivity contribution is 0.0177. The number of carbonyl (C=O) groups is 1. The molecule has 0 radical (unpaired) electrons. The van der Waals surface area contributed by atoms with Gasteiger partial charge in [0.2, 0.25) is 0 Å². The number of morpholine rings is 1. The maximum atomic E-state index is 12.2. The van der Waals surface area contributed by atoms with E-state index in [4.69, 9.17) is 4.74 Å². The number of nitrogens with one attached hydrogen (secondary N) is 3. The van der Waals surface area contributed by atoms with Crippen LogP contribution in [-0.4, -0.2) is 63.2 Å². The van der Waals surface area contributed by atoms with Gasteiger partial charge in [0.1, 0.15) is 0 Å². The summed E-state index contributed by atoms with van der Waals surface area (Å²) >= 11 is 1.78. The summed E-state index contributed by atoms with van der Waals surface area (Å²) < 4.78 is 5.53. The Morgan fingerprint density at radius 3 is 2.74 bits per heavy atom. The Labute approximate surface area is 188 Å². The van der Waals surface area contributed by atoms with Crippen molar-refractivity contribution in [2.45, 2.75) is 25.9 Å². The molecule has 1 saturated heterocycles. The molecule has 8 heteroatoms. The fourth-order valence-corrected chi connectivity index (χ4v) is 4.40. The van der Waals surface area contributed by atoms with Gasteiger partial charge in [0, 0.05) is 50.2 Å². The van der Waals surface area contributed by atoms with E-state index in [2.05, 4.69) is 43.4 Å². The van der Waals surface area contributed by atoms with Crippen molar-refractivity contribution in [1.29, 1.82) is 0 Å². The summed E-state index contributed by atoms with van der Waals surface area (Å²) in [7, 11) is 1.78. The van der Waals surface area contributed by atoms with E-state index < -0.39 is 0 Å². The average Bonchev–Trinajstić information content (AvgIpc) is 3.35. The lowest BCUT2D eigenvalue weighted by atomic mass is 10.1. The molecule has 0 aliphatic carbocycles. The number of guanidine groups is 1. The zero-order valence-electron chi connectivity index (χ0n) is 18.4. The number of carbonyl (C=O) groups excluding carboxylic acids is 1. The normalized spacial score (nSPS) is 16.0. The Bertz CT molecular complexity index is 834. The van der Waals surface area contributed by atoms with Crippen molar-refractivity contribution < 1.29 is 9.53 Å². The number of hydrogen-bond acceptors (Lipinski definition) is 5. The minimum atomic E-state index is -0.0319. The molecule has 3 rings (SSSR count). The lowest BCUT2D eigenvalue weighted by Crippen LogP contribution is -2.46. The van der Waals surface area contributed by atoms with Crippen molar-refractivity contribution in [2.75, 3.05) is 46.4 Å². The van der Waals surface area contributed by atoms with Crippen molar-refractivity contribution >= 4 is 23.2 Å². The molecule has 1 aromatic carbocycles. The van der Waals surface area contributed by atoms with E-state index in [-0.39, 0.29) is 11.9 Å². The minimum absolute atomic E-state index is 0.0319. The predicted octanol–water partition coefficient (Wildman–Crippen LogP) is 2.63. The lowest BCUT2D eigenvalue weighted by Gasteiger charge is -2.34. The van der Waals surface area contributed by atoms with Crippen molar-refractivity contribution in [3.8, 4) is 0 Å². The van der Waals surface area contributed by atoms with Gasteiger partial charge in [0.05, 0.1) is 19.3 Å². The van der Waals surface area contributed by atoms with Crippen LogP contribution >= 0.6 is 11.3 Å². The van der Waals surface area contributed by atoms with Crippen LogP contribution in [-0.2, 0) is 11.3 Å². The maximum Gasteiger partial charge on any atom is 0.251 e. The Morgan fingerprint density at radius 2 is 2.03 bits per heavy atom. The largest absolute Gasteiger partial charge is 0.379 e. The molecule has 2 heterocycles. The van der Waals surface area contributed by atoms with Crippen LogP contribution < -0.4 is 16.0 Å². The highest BCUT2D eigenvalue weighted by Crippen LogP contribution is 2.25. The smallest absolute Gasteiger partial charge is 0.251 e. The summed E-state index contributed by atoms with van der Waals surface area (Å²) in [6.07, 6.45) is 0.923. The molecule has 2 aromatic rings. The van der Waals surface area contributed by atoms with Crippen LogP contribution in [0.15, 0.2) is 46.8 Å². The molecule has 1 amide bonds. The molecule has 1 aliphatic heterocycles. The van der Waals surface area contributed by atoms with Gasteiger partial charge >= 0.3 is 0 Å². The number of hydrogen-bond donors (Lipinski definition) is 3. The summed E-state index contributed by atoms with van der Waals surface area (Å²) in [5.74, 6) is 0.714. The Morgan fingerprint density at radius 1 is 1.19 bits per heavy atom. The van der Waals surface area contributed by atoms with E-state index in [1.807, 2.05) is 31.2 Å². The third-order valence-electron chi connectivity index (χ3n) is 5.23. The number of benzene rings is 1. The highest BCUT2D eigenvalue weighted by atomic mass is 32.1. The molecule has 1 unspecified atom stereocenters. The van der Waals surface area contributed by atoms with Crippen molar-refractivity contribution in [3.05, 3.63) is 57.8 Å². The van der Waals surface area contributed by atoms with E-state index in [1.165, 1.54) is 4.88 Å². The average molecular weight is 444 g/mol. The highest BCUT2D eigenvalue weighted by molar-refractivity contribution is 7.10. The van der Waals surface area contributed by atoms with Gasteiger partial charge in [-0.15, -0.1) is 11.3 Å². The van der Waals surface area contributed by atoms with Crippen LogP contribution in [0.1, 0.15) is 40.2 Å². The van der Waals surface area contributed by atoms with Gasteiger partial charge in [-0.1, -0.05) is 25.1 Å². The molecule has 0 bridgehead atoms. The van der Waals surface area contributed by atoms with Crippen LogP contribution in [0, 0.1) is 0 Å². The van der Waals surface area contributed by atoms with Crippen LogP contribution in [0.4, 0.5) is 0 Å². The van der Waals surface area contributed by atoms with Gasteiger partial charge in [0.15, 0.2) is 5.96 Å². The summed E-state index contributed by atoms with van der Waals surface area (Å²) in [5, 5.41) is 11.9. The molecule has 1 aromatic heterocycles. The third kappa shape index (κ3) is 7.05. The number of nitrogens with zero attached hydrogens (tertiary/aromatic N) is 2. The van der Waals surface area contributed by atoms with E-state index in [9.17, 15) is 4.79 Å². The van der Waals surface area contributed by atoms with Gasteiger partial charge in [-0.3, -0.25) is 14.7 Å². The van der Waals surface area contributed by atoms with Crippen LogP contribution in [0.2, 0.25) is 0 Å². The molecule has 1 atom stereocenters. The summed E-state index contributed by atoms with van der Waals surface area (Å²) in [4.78, 5) is 20.4. The molecular formula is C23H33N5O2S. The summed E-state index contributed by atoms with van der Waals surface area (Å²) in [5.41, 5.74) is 1.72. The molecule has 0 saturated carbocycles. The Balaban J connectivity index is 1.56. The van der Waals surface area contributed by atoms with Gasteiger partial charge in [-0.2, -0.15) is 0 Å². The van der Waals surface area contributed by atoms with Crippen LogP contribution in [0.5, 0.6) is 0 Å². The minimum Gasteiger partial charge on any atom is -0.379 e.